The SMILES string of the molecule is CC12CCC(c3c1nnc(-c1cccc([N+](=O)[O-])c1)[n+]3[O-])C(C)(C)O2. The molecule has 8 heteroatoms. The highest BCUT2D eigenvalue weighted by atomic mass is 16.6. The summed E-state index contributed by atoms with van der Waals surface area (Å²) in [6, 6.07) is 5.89. The number of hydrogen-bond donors (Lipinski definition) is 0. The van der Waals surface area contributed by atoms with Gasteiger partial charge in [0, 0.05) is 12.1 Å². The van der Waals surface area contributed by atoms with Gasteiger partial charge in [-0.15, -0.1) is 0 Å². The van der Waals surface area contributed by atoms with Gasteiger partial charge in [-0.3, -0.25) is 10.1 Å². The molecule has 1 saturated heterocycles. The van der Waals surface area contributed by atoms with Crippen LogP contribution in [0.1, 0.15) is 50.9 Å². The minimum atomic E-state index is -0.631. The summed E-state index contributed by atoms with van der Waals surface area (Å²) in [5.41, 5.74) is 0.330. The van der Waals surface area contributed by atoms with Crippen molar-refractivity contribution >= 4 is 5.69 Å². The standard InChI is InChI=1S/C17H18N4O4/c1-16(2)12-7-8-17(3,25-16)14-13(12)20(22)15(19-18-14)10-5-4-6-11(9-10)21(23)24/h4-6,9,12H,7-8H2,1-3H3. The van der Waals surface area contributed by atoms with Crippen molar-refractivity contribution in [3.8, 4) is 11.4 Å². The van der Waals surface area contributed by atoms with E-state index < -0.39 is 16.1 Å². The Labute approximate surface area is 144 Å². The first-order valence-electron chi connectivity index (χ1n) is 8.18. The zero-order chi connectivity index (χ0) is 18.0. The highest BCUT2D eigenvalue weighted by Gasteiger charge is 2.56. The summed E-state index contributed by atoms with van der Waals surface area (Å²) in [5.74, 6) is -0.0100. The van der Waals surface area contributed by atoms with Crippen molar-refractivity contribution in [2.75, 3.05) is 0 Å². The summed E-state index contributed by atoms with van der Waals surface area (Å²) in [6.45, 7) is 5.89. The van der Waals surface area contributed by atoms with Crippen LogP contribution in [0.4, 0.5) is 5.69 Å². The van der Waals surface area contributed by atoms with Crippen molar-refractivity contribution < 1.29 is 14.4 Å². The second-order valence-corrected chi connectivity index (χ2v) is 7.39. The largest absolute Gasteiger partial charge is 0.710 e. The first kappa shape index (κ1) is 15.9. The molecular weight excluding hydrogens is 324 g/mol. The van der Waals surface area contributed by atoms with Gasteiger partial charge in [0.2, 0.25) is 0 Å². The first-order chi connectivity index (χ1) is 11.7. The molecule has 1 fully saturated rings. The molecule has 5 rings (SSSR count). The van der Waals surface area contributed by atoms with Gasteiger partial charge in [-0.1, -0.05) is 6.07 Å². The molecule has 8 nitrogen and oxygen atoms in total. The maximum atomic E-state index is 13.1. The fraction of sp³-hybridized carbons (Fsp3) is 0.471. The Morgan fingerprint density at radius 1 is 1.32 bits per heavy atom. The topological polar surface area (TPSA) is 105 Å². The molecule has 2 aliphatic heterocycles. The summed E-state index contributed by atoms with van der Waals surface area (Å²) in [5, 5.41) is 32.5. The molecule has 0 saturated carbocycles. The van der Waals surface area contributed by atoms with E-state index in [9.17, 15) is 15.3 Å². The first-order valence-corrected chi connectivity index (χ1v) is 8.18. The van der Waals surface area contributed by atoms with Gasteiger partial charge in [0.25, 0.3) is 5.69 Å². The van der Waals surface area contributed by atoms with Gasteiger partial charge in [0.05, 0.1) is 27.1 Å². The Hall–Kier alpha value is -2.61. The minimum absolute atomic E-state index is 0.0781. The summed E-state index contributed by atoms with van der Waals surface area (Å²) >= 11 is 0. The number of benzene rings is 1. The maximum Gasteiger partial charge on any atom is 0.361 e. The van der Waals surface area contributed by atoms with Crippen LogP contribution in [-0.2, 0) is 10.3 Å². The third kappa shape index (κ3) is 2.21. The van der Waals surface area contributed by atoms with E-state index in [0.29, 0.717) is 17.0 Å². The van der Waals surface area contributed by atoms with E-state index in [1.807, 2.05) is 20.8 Å². The van der Waals surface area contributed by atoms with Crippen LogP contribution in [0.3, 0.4) is 0 Å². The van der Waals surface area contributed by atoms with Crippen LogP contribution < -0.4 is 4.73 Å². The van der Waals surface area contributed by atoms with E-state index in [0.717, 1.165) is 17.6 Å². The zero-order valence-corrected chi connectivity index (χ0v) is 14.2. The lowest BCUT2D eigenvalue weighted by atomic mass is 9.69. The van der Waals surface area contributed by atoms with Crippen molar-refractivity contribution in [2.45, 2.75) is 50.7 Å². The summed E-state index contributed by atoms with van der Waals surface area (Å²) in [7, 11) is 0. The third-order valence-electron chi connectivity index (χ3n) is 5.28. The lowest BCUT2D eigenvalue weighted by Gasteiger charge is -2.52. The predicted molar refractivity (Wildman–Crippen MR) is 87.6 cm³/mol. The van der Waals surface area contributed by atoms with Crippen LogP contribution in [0.25, 0.3) is 11.4 Å². The highest BCUT2D eigenvalue weighted by molar-refractivity contribution is 5.56. The van der Waals surface area contributed by atoms with Gasteiger partial charge in [-0.25, -0.2) is 4.73 Å². The molecule has 2 bridgehead atoms. The molecule has 1 aromatic carbocycles. The number of nitro benzene ring substituents is 1. The Morgan fingerprint density at radius 3 is 2.76 bits per heavy atom. The van der Waals surface area contributed by atoms with Crippen molar-refractivity contribution in [1.82, 2.24) is 10.2 Å². The molecule has 0 N–H and O–H groups in total. The highest BCUT2D eigenvalue weighted by Crippen LogP contribution is 2.54. The number of non-ortho nitro benzene ring substituents is 1. The van der Waals surface area contributed by atoms with Crippen LogP contribution >= 0.6 is 0 Å². The molecule has 3 aliphatic rings. The maximum absolute atomic E-state index is 13.1. The number of aromatic nitrogens is 3. The number of fused-ring (bicyclic) bond motifs is 2. The van der Waals surface area contributed by atoms with Crippen LogP contribution in [0.5, 0.6) is 0 Å². The van der Waals surface area contributed by atoms with E-state index in [2.05, 4.69) is 10.2 Å². The summed E-state index contributed by atoms with van der Waals surface area (Å²) < 4.78 is 6.98. The van der Waals surface area contributed by atoms with Gasteiger partial charge >= 0.3 is 5.82 Å². The molecular formula is C17H18N4O4. The second-order valence-electron chi connectivity index (χ2n) is 7.39. The molecule has 0 spiro atoms. The van der Waals surface area contributed by atoms with Crippen molar-refractivity contribution in [1.29, 1.82) is 0 Å². The molecule has 1 aliphatic carbocycles. The number of rotatable bonds is 2. The van der Waals surface area contributed by atoms with Crippen molar-refractivity contribution in [2.24, 2.45) is 0 Å². The molecule has 130 valence electrons. The summed E-state index contributed by atoms with van der Waals surface area (Å²) in [6.07, 6.45) is 1.62. The molecule has 2 aromatic rings. The fourth-order valence-electron chi connectivity index (χ4n) is 4.12. The van der Waals surface area contributed by atoms with Gasteiger partial charge in [0.15, 0.2) is 5.69 Å². The Bertz CT molecular complexity index is 898. The van der Waals surface area contributed by atoms with Gasteiger partial charge in [-0.05, 0) is 44.8 Å². The smallest absolute Gasteiger partial charge is 0.361 e. The van der Waals surface area contributed by atoms with E-state index >= 15 is 0 Å². The normalized spacial score (nSPS) is 26.3. The molecule has 0 radical (unpaired) electrons. The van der Waals surface area contributed by atoms with Gasteiger partial charge in [0.1, 0.15) is 11.3 Å². The monoisotopic (exact) mass is 342 g/mol. The molecule has 3 heterocycles. The second kappa shape index (κ2) is 4.95. The van der Waals surface area contributed by atoms with E-state index in [-0.39, 0.29) is 17.4 Å². The average Bonchev–Trinajstić information content (AvgIpc) is 2.54. The van der Waals surface area contributed by atoms with Gasteiger partial charge in [-0.2, -0.15) is 0 Å². The Morgan fingerprint density at radius 2 is 2.08 bits per heavy atom. The molecule has 2 unspecified atom stereocenters. The van der Waals surface area contributed by atoms with Crippen LogP contribution in [0, 0.1) is 15.3 Å². The minimum Gasteiger partial charge on any atom is -0.710 e. The summed E-state index contributed by atoms with van der Waals surface area (Å²) in [4.78, 5) is 10.5. The lowest BCUT2D eigenvalue weighted by molar-refractivity contribution is -0.613. The Balaban J connectivity index is 1.91. The number of nitro groups is 1. The molecule has 0 amide bonds. The fourth-order valence-corrected chi connectivity index (χ4v) is 4.12. The van der Waals surface area contributed by atoms with Crippen LogP contribution in [0.15, 0.2) is 24.3 Å². The molecule has 2 atom stereocenters. The predicted octanol–water partition coefficient (Wildman–Crippen LogP) is 2.59. The lowest BCUT2D eigenvalue weighted by Crippen LogP contribution is -2.58. The average molecular weight is 342 g/mol. The van der Waals surface area contributed by atoms with Crippen LogP contribution in [0.2, 0.25) is 0 Å². The van der Waals surface area contributed by atoms with Crippen molar-refractivity contribution in [3.05, 3.63) is 51.0 Å². The van der Waals surface area contributed by atoms with E-state index in [4.69, 9.17) is 4.74 Å². The van der Waals surface area contributed by atoms with E-state index in [1.165, 1.54) is 18.2 Å². The Kier molecular flexibility index (Phi) is 3.15. The van der Waals surface area contributed by atoms with Crippen molar-refractivity contribution in [3.63, 3.8) is 0 Å². The molecule has 25 heavy (non-hydrogen) atoms. The zero-order valence-electron chi connectivity index (χ0n) is 14.2. The van der Waals surface area contributed by atoms with Crippen LogP contribution in [-0.4, -0.2) is 20.7 Å². The number of ether oxygens (including phenoxy) is 1. The van der Waals surface area contributed by atoms with E-state index in [1.54, 1.807) is 6.07 Å². The van der Waals surface area contributed by atoms with Gasteiger partial charge < -0.3 is 9.94 Å². The molecule has 1 aromatic heterocycles. The number of hydrogen-bond acceptors (Lipinski definition) is 6. The third-order valence-corrected chi connectivity index (χ3v) is 5.28. The number of nitrogens with zero attached hydrogens (tertiary/aromatic N) is 4. The quantitative estimate of drug-likeness (QED) is 0.359.